The van der Waals surface area contributed by atoms with Gasteiger partial charge in [-0.2, -0.15) is 0 Å². The zero-order valence-corrected chi connectivity index (χ0v) is 17.0. The van der Waals surface area contributed by atoms with E-state index >= 15 is 0 Å². The van der Waals surface area contributed by atoms with Crippen LogP contribution < -0.4 is 10.3 Å². The third kappa shape index (κ3) is 3.22. The minimum absolute atomic E-state index is 0.0129. The highest BCUT2D eigenvalue weighted by Crippen LogP contribution is 2.42. The Balaban J connectivity index is 1.52. The highest BCUT2D eigenvalue weighted by molar-refractivity contribution is 5.94. The lowest BCUT2D eigenvalue weighted by molar-refractivity contribution is 0.0529. The number of aromatic nitrogens is 2. The normalized spacial score (nSPS) is 22.4. The van der Waals surface area contributed by atoms with Crippen molar-refractivity contribution in [2.75, 3.05) is 20.2 Å². The van der Waals surface area contributed by atoms with E-state index in [4.69, 9.17) is 4.74 Å². The molecule has 2 aliphatic rings. The number of carbonyl (C=O) groups is 1. The van der Waals surface area contributed by atoms with Crippen molar-refractivity contribution < 1.29 is 9.53 Å². The largest absolute Gasteiger partial charge is 0.497 e. The molecule has 0 spiro atoms. The molecule has 4 heterocycles. The number of hydrogen-bond acceptors (Lipinski definition) is 3. The van der Waals surface area contributed by atoms with Crippen LogP contribution in [0.15, 0.2) is 65.7 Å². The van der Waals surface area contributed by atoms with Gasteiger partial charge in [-0.15, -0.1) is 0 Å². The van der Waals surface area contributed by atoms with Gasteiger partial charge in [-0.25, -0.2) is 0 Å². The van der Waals surface area contributed by atoms with Crippen LogP contribution in [-0.4, -0.2) is 40.6 Å². The molecule has 154 valence electrons. The molecular formula is C24H25N3O3. The molecule has 1 amide bonds. The van der Waals surface area contributed by atoms with E-state index in [2.05, 4.69) is 11.1 Å². The van der Waals surface area contributed by atoms with Gasteiger partial charge >= 0.3 is 0 Å². The van der Waals surface area contributed by atoms with Crippen LogP contribution in [0.4, 0.5) is 0 Å². The lowest BCUT2D eigenvalue weighted by Crippen LogP contribution is -2.51. The zero-order chi connectivity index (χ0) is 20.7. The van der Waals surface area contributed by atoms with E-state index in [0.29, 0.717) is 18.7 Å². The van der Waals surface area contributed by atoms with Gasteiger partial charge in [-0.3, -0.25) is 9.59 Å². The molecule has 2 aromatic heterocycles. The second kappa shape index (κ2) is 7.52. The number of carbonyl (C=O) groups excluding carboxylic acids is 1. The molecular weight excluding hydrogens is 378 g/mol. The van der Waals surface area contributed by atoms with Crippen LogP contribution in [0.2, 0.25) is 0 Å². The molecule has 6 heteroatoms. The van der Waals surface area contributed by atoms with Crippen molar-refractivity contribution in [3.8, 4) is 5.75 Å². The number of methoxy groups -OCH3 is 1. The quantitative estimate of drug-likeness (QED) is 0.727. The molecule has 2 bridgehead atoms. The summed E-state index contributed by atoms with van der Waals surface area (Å²) in [6.07, 6.45) is 5.25. The molecule has 0 aliphatic carbocycles. The number of amides is 1. The first kappa shape index (κ1) is 18.7. The van der Waals surface area contributed by atoms with Crippen LogP contribution in [0.25, 0.3) is 0 Å². The van der Waals surface area contributed by atoms with Gasteiger partial charge in [0.05, 0.1) is 12.7 Å². The molecule has 0 radical (unpaired) electrons. The number of aromatic amines is 1. The lowest BCUT2D eigenvalue weighted by atomic mass is 9.76. The Labute approximate surface area is 175 Å². The van der Waals surface area contributed by atoms with Crippen LogP contribution in [-0.2, 0) is 6.42 Å². The Morgan fingerprint density at radius 2 is 2.03 bits per heavy atom. The maximum Gasteiger partial charge on any atom is 0.255 e. The van der Waals surface area contributed by atoms with Crippen molar-refractivity contribution in [3.05, 3.63) is 88.1 Å². The summed E-state index contributed by atoms with van der Waals surface area (Å²) in [6.45, 7) is 1.31. The van der Waals surface area contributed by atoms with Crippen molar-refractivity contribution >= 4 is 5.91 Å². The van der Waals surface area contributed by atoms with E-state index < -0.39 is 0 Å². The number of hydrogen-bond donors (Lipinski definition) is 1. The third-order valence-corrected chi connectivity index (χ3v) is 6.51. The van der Waals surface area contributed by atoms with E-state index in [0.717, 1.165) is 29.8 Å². The van der Waals surface area contributed by atoms with E-state index in [9.17, 15) is 9.59 Å². The van der Waals surface area contributed by atoms with E-state index in [1.165, 1.54) is 0 Å². The second-order valence-corrected chi connectivity index (χ2v) is 8.28. The smallest absolute Gasteiger partial charge is 0.255 e. The van der Waals surface area contributed by atoms with E-state index in [1.807, 2.05) is 45.9 Å². The number of pyridine rings is 1. The van der Waals surface area contributed by atoms with E-state index in [1.54, 1.807) is 25.6 Å². The molecule has 30 heavy (non-hydrogen) atoms. The number of likely N-dealkylation sites (tertiary alicyclic amines) is 1. The van der Waals surface area contributed by atoms with Gasteiger partial charge in [0.25, 0.3) is 11.5 Å². The summed E-state index contributed by atoms with van der Waals surface area (Å²) in [5, 5.41) is 0. The van der Waals surface area contributed by atoms with Gasteiger partial charge in [-0.05, 0) is 48.6 Å². The Hall–Kier alpha value is -3.28. The summed E-state index contributed by atoms with van der Waals surface area (Å²) in [7, 11) is 1.66. The standard InChI is InChI=1S/C24H25N3O3/c1-30-20-5-2-4-16(10-20)11-22-19-12-18(21-6-3-7-23(28)27(21)22)14-26(15-19)24(29)17-8-9-25-13-17/h2-10,13,18-19,22,25H,11-12,14-15H2,1H3/t18-,19+,22+/m1/s1. The van der Waals surface area contributed by atoms with Crippen LogP contribution >= 0.6 is 0 Å². The third-order valence-electron chi connectivity index (χ3n) is 6.51. The first-order valence-corrected chi connectivity index (χ1v) is 10.4. The van der Waals surface area contributed by atoms with Crippen LogP contribution in [0.3, 0.4) is 0 Å². The number of H-pyrrole nitrogens is 1. The maximum absolute atomic E-state index is 13.0. The maximum atomic E-state index is 13.0. The Morgan fingerprint density at radius 3 is 2.83 bits per heavy atom. The van der Waals surface area contributed by atoms with Crippen molar-refractivity contribution in [2.24, 2.45) is 5.92 Å². The topological polar surface area (TPSA) is 67.3 Å². The summed E-state index contributed by atoms with van der Waals surface area (Å²) in [5.41, 5.74) is 2.90. The predicted octanol–water partition coefficient (Wildman–Crippen LogP) is 3.23. The summed E-state index contributed by atoms with van der Waals surface area (Å²) in [6, 6.07) is 15.4. The highest BCUT2D eigenvalue weighted by Gasteiger charge is 2.41. The fraction of sp³-hybridized carbons (Fsp3) is 0.333. The molecule has 1 N–H and O–H groups in total. The zero-order valence-electron chi connectivity index (χ0n) is 17.0. The van der Waals surface area contributed by atoms with Crippen LogP contribution in [0.5, 0.6) is 5.75 Å². The van der Waals surface area contributed by atoms with Gasteiger partial charge in [0.2, 0.25) is 0 Å². The minimum atomic E-state index is 0.0129. The molecule has 1 fully saturated rings. The molecule has 5 rings (SSSR count). The predicted molar refractivity (Wildman–Crippen MR) is 114 cm³/mol. The van der Waals surface area contributed by atoms with Gasteiger partial charge in [0.15, 0.2) is 0 Å². The van der Waals surface area contributed by atoms with Crippen molar-refractivity contribution in [1.82, 2.24) is 14.5 Å². The summed E-state index contributed by atoms with van der Waals surface area (Å²) < 4.78 is 7.37. The SMILES string of the molecule is COc1cccc(C[C@H]2[C@H]3C[C@H](CN(C(=O)c4cc[nH]c4)C3)c3cccc(=O)n32)c1. The number of benzene rings is 1. The summed E-state index contributed by atoms with van der Waals surface area (Å²) in [5.74, 6) is 1.28. The average molecular weight is 403 g/mol. The number of ether oxygens (including phenoxy) is 1. The molecule has 3 atom stereocenters. The monoisotopic (exact) mass is 403 g/mol. The van der Waals surface area contributed by atoms with Crippen molar-refractivity contribution in [1.29, 1.82) is 0 Å². The van der Waals surface area contributed by atoms with Gasteiger partial charge in [0.1, 0.15) is 5.75 Å². The number of rotatable bonds is 4. The minimum Gasteiger partial charge on any atom is -0.497 e. The molecule has 0 unspecified atom stereocenters. The molecule has 6 nitrogen and oxygen atoms in total. The first-order chi connectivity index (χ1) is 14.6. The average Bonchev–Trinajstić information content (AvgIpc) is 3.31. The van der Waals surface area contributed by atoms with Gasteiger partial charge in [0, 0.05) is 49.2 Å². The fourth-order valence-electron chi connectivity index (χ4n) is 5.15. The molecule has 3 aromatic rings. The Morgan fingerprint density at radius 1 is 1.17 bits per heavy atom. The number of piperidine rings is 1. The molecule has 2 aliphatic heterocycles. The number of fused-ring (bicyclic) bond motifs is 4. The second-order valence-electron chi connectivity index (χ2n) is 8.28. The Kier molecular flexibility index (Phi) is 4.69. The van der Waals surface area contributed by atoms with Crippen LogP contribution in [0, 0.1) is 5.92 Å². The molecule has 1 aromatic carbocycles. The van der Waals surface area contributed by atoms with Crippen molar-refractivity contribution in [3.63, 3.8) is 0 Å². The first-order valence-electron chi connectivity index (χ1n) is 10.4. The van der Waals surface area contributed by atoms with Crippen LogP contribution in [0.1, 0.15) is 40.0 Å². The van der Waals surface area contributed by atoms with Gasteiger partial charge < -0.3 is 19.2 Å². The highest BCUT2D eigenvalue weighted by atomic mass is 16.5. The fourth-order valence-corrected chi connectivity index (χ4v) is 5.15. The Bertz CT molecular complexity index is 1120. The molecule has 1 saturated heterocycles. The number of nitrogens with one attached hydrogen (secondary N) is 1. The number of nitrogens with zero attached hydrogens (tertiary/aromatic N) is 2. The summed E-state index contributed by atoms with van der Waals surface area (Å²) >= 11 is 0. The van der Waals surface area contributed by atoms with Crippen molar-refractivity contribution in [2.45, 2.75) is 24.8 Å². The lowest BCUT2D eigenvalue weighted by Gasteiger charge is -2.47. The summed E-state index contributed by atoms with van der Waals surface area (Å²) in [4.78, 5) is 30.8. The molecule has 0 saturated carbocycles. The van der Waals surface area contributed by atoms with Gasteiger partial charge in [-0.1, -0.05) is 18.2 Å². The van der Waals surface area contributed by atoms with E-state index in [-0.39, 0.29) is 29.3 Å².